The second kappa shape index (κ2) is 4.49. The first-order chi connectivity index (χ1) is 6.90. The number of aliphatic hydroxyl groups is 1. The molecule has 0 aliphatic carbocycles. The second-order valence-electron chi connectivity index (χ2n) is 5.11. The van der Waals surface area contributed by atoms with E-state index >= 15 is 0 Å². The summed E-state index contributed by atoms with van der Waals surface area (Å²) in [5.41, 5.74) is -0.473. The van der Waals surface area contributed by atoms with Gasteiger partial charge in [0.2, 0.25) is 5.91 Å². The van der Waals surface area contributed by atoms with Crippen molar-refractivity contribution in [1.29, 1.82) is 0 Å². The van der Waals surface area contributed by atoms with Crippen LogP contribution in [0.15, 0.2) is 0 Å². The zero-order chi connectivity index (χ0) is 11.6. The monoisotopic (exact) mass is 214 g/mol. The fraction of sp³-hybridized carbons (Fsp3) is 0.909. The molecule has 0 radical (unpaired) electrons. The minimum Gasteiger partial charge on any atom is -0.394 e. The molecule has 2 unspecified atom stereocenters. The van der Waals surface area contributed by atoms with Crippen LogP contribution in [0.1, 0.15) is 20.8 Å². The Labute approximate surface area is 91.6 Å². The van der Waals surface area contributed by atoms with Gasteiger partial charge in [0.25, 0.3) is 0 Å². The Balaban J connectivity index is 2.67. The van der Waals surface area contributed by atoms with Crippen molar-refractivity contribution in [2.24, 2.45) is 11.8 Å². The number of rotatable bonds is 3. The molecular formula is C11H22N2O2. The van der Waals surface area contributed by atoms with Gasteiger partial charge in [-0.3, -0.25) is 4.79 Å². The van der Waals surface area contributed by atoms with Crippen molar-refractivity contribution in [1.82, 2.24) is 10.2 Å². The van der Waals surface area contributed by atoms with Crippen LogP contribution in [-0.2, 0) is 4.79 Å². The molecule has 1 rings (SSSR count). The molecule has 0 spiro atoms. The maximum Gasteiger partial charge on any atom is 0.227 e. The molecule has 4 heteroatoms. The Bertz CT molecular complexity index is 241. The molecule has 1 fully saturated rings. The molecule has 0 aromatic rings. The smallest absolute Gasteiger partial charge is 0.227 e. The average molecular weight is 214 g/mol. The molecule has 1 aliphatic rings. The van der Waals surface area contributed by atoms with Crippen LogP contribution in [0.3, 0.4) is 0 Å². The van der Waals surface area contributed by atoms with Crippen LogP contribution in [-0.4, -0.2) is 48.2 Å². The van der Waals surface area contributed by atoms with Crippen molar-refractivity contribution in [2.45, 2.75) is 26.3 Å². The molecule has 0 saturated carbocycles. The van der Waals surface area contributed by atoms with Gasteiger partial charge in [-0.15, -0.1) is 0 Å². The van der Waals surface area contributed by atoms with E-state index < -0.39 is 5.54 Å². The number of hydrogen-bond acceptors (Lipinski definition) is 3. The number of aliphatic hydroxyl groups excluding tert-OH is 1. The largest absolute Gasteiger partial charge is 0.394 e. The number of carbonyl (C=O) groups is 1. The summed E-state index contributed by atoms with van der Waals surface area (Å²) in [6.45, 7) is 7.48. The normalized spacial score (nSPS) is 26.7. The molecule has 2 N–H and O–H groups in total. The molecular weight excluding hydrogens is 192 g/mol. The average Bonchev–Trinajstić information content (AvgIpc) is 2.62. The minimum absolute atomic E-state index is 0.0101. The summed E-state index contributed by atoms with van der Waals surface area (Å²) in [6, 6.07) is 0. The SMILES string of the molecule is CC1CNCC1C(=O)N(C)C(C)(C)CO. The maximum atomic E-state index is 12.1. The van der Waals surface area contributed by atoms with Crippen molar-refractivity contribution in [3.63, 3.8) is 0 Å². The van der Waals surface area contributed by atoms with Gasteiger partial charge in [-0.05, 0) is 26.3 Å². The summed E-state index contributed by atoms with van der Waals surface area (Å²) >= 11 is 0. The third kappa shape index (κ3) is 2.49. The highest BCUT2D eigenvalue weighted by molar-refractivity contribution is 5.80. The quantitative estimate of drug-likeness (QED) is 0.699. The molecule has 1 heterocycles. The van der Waals surface area contributed by atoms with Crippen LogP contribution in [0.5, 0.6) is 0 Å². The lowest BCUT2D eigenvalue weighted by Crippen LogP contribution is -2.50. The van der Waals surface area contributed by atoms with E-state index in [1.165, 1.54) is 0 Å². The van der Waals surface area contributed by atoms with Crippen LogP contribution in [0.4, 0.5) is 0 Å². The summed E-state index contributed by atoms with van der Waals surface area (Å²) in [5.74, 6) is 0.571. The Hall–Kier alpha value is -0.610. The molecule has 0 aromatic heterocycles. The van der Waals surface area contributed by atoms with Crippen molar-refractivity contribution in [3.8, 4) is 0 Å². The van der Waals surface area contributed by atoms with Crippen LogP contribution in [0.25, 0.3) is 0 Å². The molecule has 88 valence electrons. The van der Waals surface area contributed by atoms with Crippen LogP contribution in [0, 0.1) is 11.8 Å². The van der Waals surface area contributed by atoms with E-state index in [1.807, 2.05) is 13.8 Å². The number of nitrogens with zero attached hydrogens (tertiary/aromatic N) is 1. The highest BCUT2D eigenvalue weighted by Crippen LogP contribution is 2.22. The summed E-state index contributed by atoms with van der Waals surface area (Å²) in [6.07, 6.45) is 0. The van der Waals surface area contributed by atoms with Gasteiger partial charge in [0, 0.05) is 13.6 Å². The fourth-order valence-electron chi connectivity index (χ4n) is 1.79. The van der Waals surface area contributed by atoms with E-state index in [1.54, 1.807) is 11.9 Å². The summed E-state index contributed by atoms with van der Waals surface area (Å²) < 4.78 is 0. The first-order valence-electron chi connectivity index (χ1n) is 5.49. The number of nitrogens with one attached hydrogen (secondary N) is 1. The van der Waals surface area contributed by atoms with Gasteiger partial charge in [0.15, 0.2) is 0 Å². The zero-order valence-electron chi connectivity index (χ0n) is 10.1. The van der Waals surface area contributed by atoms with Gasteiger partial charge in [0.1, 0.15) is 0 Å². The first-order valence-corrected chi connectivity index (χ1v) is 5.49. The lowest BCUT2D eigenvalue weighted by molar-refractivity contribution is -0.140. The Morgan fingerprint density at radius 1 is 1.53 bits per heavy atom. The van der Waals surface area contributed by atoms with E-state index in [-0.39, 0.29) is 18.4 Å². The van der Waals surface area contributed by atoms with E-state index in [4.69, 9.17) is 0 Å². The lowest BCUT2D eigenvalue weighted by atomic mass is 9.94. The number of likely N-dealkylation sites (N-methyl/N-ethyl adjacent to an activating group) is 1. The molecule has 4 nitrogen and oxygen atoms in total. The van der Waals surface area contributed by atoms with E-state index in [0.29, 0.717) is 5.92 Å². The molecule has 1 aliphatic heterocycles. The third-order valence-electron chi connectivity index (χ3n) is 3.46. The molecule has 1 amide bonds. The highest BCUT2D eigenvalue weighted by Gasteiger charge is 2.36. The maximum absolute atomic E-state index is 12.1. The minimum atomic E-state index is -0.473. The van der Waals surface area contributed by atoms with Gasteiger partial charge in [-0.2, -0.15) is 0 Å². The Morgan fingerprint density at radius 3 is 2.53 bits per heavy atom. The fourth-order valence-corrected chi connectivity index (χ4v) is 1.79. The summed E-state index contributed by atoms with van der Waals surface area (Å²) in [7, 11) is 1.77. The molecule has 2 atom stereocenters. The topological polar surface area (TPSA) is 52.6 Å². The van der Waals surface area contributed by atoms with Gasteiger partial charge in [-0.25, -0.2) is 0 Å². The van der Waals surface area contributed by atoms with Gasteiger partial charge in [-0.1, -0.05) is 6.92 Å². The van der Waals surface area contributed by atoms with Crippen LogP contribution < -0.4 is 5.32 Å². The predicted octanol–water partition coefficient (Wildman–Crippen LogP) is 0.0712. The highest BCUT2D eigenvalue weighted by atomic mass is 16.3. The number of amides is 1. The Morgan fingerprint density at radius 2 is 2.13 bits per heavy atom. The summed E-state index contributed by atoms with van der Waals surface area (Å²) in [5, 5.41) is 12.4. The molecule has 0 aromatic carbocycles. The van der Waals surface area contributed by atoms with Crippen molar-refractivity contribution >= 4 is 5.91 Å². The van der Waals surface area contributed by atoms with E-state index in [9.17, 15) is 9.90 Å². The van der Waals surface area contributed by atoms with Crippen LogP contribution >= 0.6 is 0 Å². The molecule has 15 heavy (non-hydrogen) atoms. The third-order valence-corrected chi connectivity index (χ3v) is 3.46. The van der Waals surface area contributed by atoms with E-state index in [0.717, 1.165) is 13.1 Å². The first kappa shape index (κ1) is 12.5. The number of carbonyl (C=O) groups excluding carboxylic acids is 1. The predicted molar refractivity (Wildman–Crippen MR) is 59.5 cm³/mol. The molecule has 0 bridgehead atoms. The standard InChI is InChI=1S/C11H22N2O2/c1-8-5-12-6-9(8)10(15)13(4)11(2,3)7-14/h8-9,12,14H,5-7H2,1-4H3. The summed E-state index contributed by atoms with van der Waals surface area (Å²) in [4.78, 5) is 13.8. The van der Waals surface area contributed by atoms with Crippen molar-refractivity contribution in [3.05, 3.63) is 0 Å². The zero-order valence-corrected chi connectivity index (χ0v) is 10.1. The van der Waals surface area contributed by atoms with Crippen molar-refractivity contribution in [2.75, 3.05) is 26.7 Å². The van der Waals surface area contributed by atoms with Crippen molar-refractivity contribution < 1.29 is 9.90 Å². The van der Waals surface area contributed by atoms with E-state index in [2.05, 4.69) is 12.2 Å². The van der Waals surface area contributed by atoms with Gasteiger partial charge in [0.05, 0.1) is 18.1 Å². The van der Waals surface area contributed by atoms with Crippen LogP contribution in [0.2, 0.25) is 0 Å². The number of hydrogen-bond donors (Lipinski definition) is 2. The lowest BCUT2D eigenvalue weighted by Gasteiger charge is -2.36. The molecule has 1 saturated heterocycles. The second-order valence-corrected chi connectivity index (χ2v) is 5.11. The van der Waals surface area contributed by atoms with Gasteiger partial charge >= 0.3 is 0 Å². The Kier molecular flexibility index (Phi) is 3.73. The van der Waals surface area contributed by atoms with Gasteiger partial charge < -0.3 is 15.3 Å².